The van der Waals surface area contributed by atoms with Crippen LogP contribution in [0.3, 0.4) is 0 Å². The number of hydrogen-bond acceptors (Lipinski definition) is 4. The van der Waals surface area contributed by atoms with Gasteiger partial charge in [0.05, 0.1) is 33.3 Å². The predicted octanol–water partition coefficient (Wildman–Crippen LogP) is 1.15. The van der Waals surface area contributed by atoms with Crippen LogP contribution in [-0.2, 0) is 0 Å². The average Bonchev–Trinajstić information content (AvgIpc) is 2.68. The van der Waals surface area contributed by atoms with E-state index < -0.39 is 6.10 Å². The predicted molar refractivity (Wildman–Crippen MR) is 103 cm³/mol. The molecular weight excluding hydrogens is 328 g/mol. The standard InChI is InChI=1S/C21H28N2O3/c1-17-5-3-4-6-21(17)26-16-19(24)15-22-11-13-23(14-12-22)18-7-9-20(25-2)10-8-18/h3-10,19,24H,11-16H2,1-2H3/p+1/t19-/m1/s1. The number of aliphatic hydroxyl groups excluding tert-OH is 1. The number of hydrogen-bond donors (Lipinski definition) is 2. The molecule has 0 radical (unpaired) electrons. The number of aliphatic hydroxyl groups is 1. The van der Waals surface area contributed by atoms with Crippen molar-refractivity contribution < 1.29 is 19.5 Å². The van der Waals surface area contributed by atoms with Gasteiger partial charge >= 0.3 is 0 Å². The molecule has 1 saturated heterocycles. The van der Waals surface area contributed by atoms with Crippen molar-refractivity contribution in [2.24, 2.45) is 0 Å². The Morgan fingerprint density at radius 2 is 1.77 bits per heavy atom. The molecule has 0 saturated carbocycles. The lowest BCUT2D eigenvalue weighted by Crippen LogP contribution is -3.16. The van der Waals surface area contributed by atoms with E-state index in [0.717, 1.165) is 49.8 Å². The summed E-state index contributed by atoms with van der Waals surface area (Å²) in [5.74, 6) is 1.74. The fourth-order valence-corrected chi connectivity index (χ4v) is 3.37. The molecule has 0 unspecified atom stereocenters. The molecule has 1 aliphatic rings. The summed E-state index contributed by atoms with van der Waals surface area (Å²) in [7, 11) is 1.69. The number of nitrogens with zero attached hydrogens (tertiary/aromatic N) is 1. The molecule has 2 aromatic rings. The van der Waals surface area contributed by atoms with Gasteiger partial charge in [-0.2, -0.15) is 0 Å². The minimum atomic E-state index is -0.447. The number of ether oxygens (including phenoxy) is 2. The van der Waals surface area contributed by atoms with Crippen LogP contribution in [0.2, 0.25) is 0 Å². The molecule has 0 spiro atoms. The van der Waals surface area contributed by atoms with Crippen LogP contribution < -0.4 is 19.3 Å². The first-order chi connectivity index (χ1) is 12.7. The van der Waals surface area contributed by atoms with Gasteiger partial charge in [-0.25, -0.2) is 0 Å². The van der Waals surface area contributed by atoms with E-state index in [1.807, 2.05) is 43.3 Å². The molecule has 140 valence electrons. The molecule has 0 aromatic heterocycles. The lowest BCUT2D eigenvalue weighted by molar-refractivity contribution is -0.903. The molecule has 0 amide bonds. The van der Waals surface area contributed by atoms with Crippen LogP contribution in [0.5, 0.6) is 11.5 Å². The second-order valence-electron chi connectivity index (χ2n) is 6.87. The molecule has 0 bridgehead atoms. The number of anilines is 1. The third kappa shape index (κ3) is 4.90. The van der Waals surface area contributed by atoms with Gasteiger partial charge in [-0.1, -0.05) is 18.2 Å². The van der Waals surface area contributed by atoms with Crippen molar-refractivity contribution in [1.82, 2.24) is 0 Å². The Morgan fingerprint density at radius 1 is 1.08 bits per heavy atom. The van der Waals surface area contributed by atoms with Crippen LogP contribution in [0.1, 0.15) is 5.56 Å². The second-order valence-corrected chi connectivity index (χ2v) is 6.87. The van der Waals surface area contributed by atoms with Crippen molar-refractivity contribution in [2.45, 2.75) is 13.0 Å². The zero-order valence-electron chi connectivity index (χ0n) is 15.6. The van der Waals surface area contributed by atoms with E-state index in [1.165, 1.54) is 10.6 Å². The first kappa shape index (κ1) is 18.5. The Kier molecular flexibility index (Phi) is 6.36. The number of para-hydroxylation sites is 1. The molecule has 1 heterocycles. The number of piperazine rings is 1. The van der Waals surface area contributed by atoms with Crippen LogP contribution in [0.25, 0.3) is 0 Å². The highest BCUT2D eigenvalue weighted by Gasteiger charge is 2.23. The number of quaternary nitrogens is 1. The summed E-state index contributed by atoms with van der Waals surface area (Å²) in [6, 6.07) is 16.1. The Balaban J connectivity index is 1.42. The van der Waals surface area contributed by atoms with Gasteiger partial charge < -0.3 is 24.4 Å². The smallest absolute Gasteiger partial charge is 0.137 e. The van der Waals surface area contributed by atoms with Crippen LogP contribution in [0.4, 0.5) is 5.69 Å². The highest BCUT2D eigenvalue weighted by atomic mass is 16.5. The third-order valence-corrected chi connectivity index (χ3v) is 4.96. The quantitative estimate of drug-likeness (QED) is 0.780. The summed E-state index contributed by atoms with van der Waals surface area (Å²) >= 11 is 0. The summed E-state index contributed by atoms with van der Waals surface area (Å²) < 4.78 is 11.0. The van der Waals surface area contributed by atoms with Crippen LogP contribution in [0, 0.1) is 6.92 Å². The van der Waals surface area contributed by atoms with Crippen molar-refractivity contribution in [3.63, 3.8) is 0 Å². The SMILES string of the molecule is COc1ccc(N2CC[NH+](C[C@@H](O)COc3ccccc3C)CC2)cc1. The molecule has 5 nitrogen and oxygen atoms in total. The fourth-order valence-electron chi connectivity index (χ4n) is 3.37. The van der Waals surface area contributed by atoms with E-state index >= 15 is 0 Å². The van der Waals surface area contributed by atoms with Crippen molar-refractivity contribution in [3.8, 4) is 11.5 Å². The van der Waals surface area contributed by atoms with E-state index in [9.17, 15) is 5.11 Å². The molecule has 2 N–H and O–H groups in total. The Morgan fingerprint density at radius 3 is 2.42 bits per heavy atom. The van der Waals surface area contributed by atoms with Gasteiger partial charge in [0.15, 0.2) is 0 Å². The molecule has 5 heteroatoms. The van der Waals surface area contributed by atoms with Gasteiger partial charge in [0, 0.05) is 5.69 Å². The monoisotopic (exact) mass is 357 g/mol. The van der Waals surface area contributed by atoms with Gasteiger partial charge in [-0.3, -0.25) is 0 Å². The second kappa shape index (κ2) is 8.92. The highest BCUT2D eigenvalue weighted by molar-refractivity contribution is 5.49. The topological polar surface area (TPSA) is 46.4 Å². The zero-order valence-corrected chi connectivity index (χ0v) is 15.6. The maximum Gasteiger partial charge on any atom is 0.137 e. The summed E-state index contributed by atoms with van der Waals surface area (Å²) in [5.41, 5.74) is 2.33. The maximum absolute atomic E-state index is 10.3. The molecular formula is C21H29N2O3+. The Hall–Kier alpha value is -2.24. The number of rotatable bonds is 7. The molecule has 1 atom stereocenters. The van der Waals surface area contributed by atoms with E-state index in [1.54, 1.807) is 7.11 Å². The molecule has 1 fully saturated rings. The normalized spacial score (nSPS) is 16.3. The summed E-state index contributed by atoms with van der Waals surface area (Å²) in [4.78, 5) is 3.81. The van der Waals surface area contributed by atoms with Gasteiger partial charge in [-0.05, 0) is 42.8 Å². The molecule has 2 aromatic carbocycles. The highest BCUT2D eigenvalue weighted by Crippen LogP contribution is 2.19. The minimum absolute atomic E-state index is 0.344. The van der Waals surface area contributed by atoms with Crippen LogP contribution >= 0.6 is 0 Å². The van der Waals surface area contributed by atoms with Gasteiger partial charge in [-0.15, -0.1) is 0 Å². The van der Waals surface area contributed by atoms with E-state index in [-0.39, 0.29) is 0 Å². The number of methoxy groups -OCH3 is 1. The van der Waals surface area contributed by atoms with Crippen molar-refractivity contribution in [2.75, 3.05) is 51.3 Å². The van der Waals surface area contributed by atoms with Crippen molar-refractivity contribution in [1.29, 1.82) is 0 Å². The average molecular weight is 357 g/mol. The van der Waals surface area contributed by atoms with Crippen LogP contribution in [0.15, 0.2) is 48.5 Å². The van der Waals surface area contributed by atoms with E-state index in [0.29, 0.717) is 6.61 Å². The first-order valence-corrected chi connectivity index (χ1v) is 9.25. The van der Waals surface area contributed by atoms with Gasteiger partial charge in [0.25, 0.3) is 0 Å². The lowest BCUT2D eigenvalue weighted by Gasteiger charge is -2.34. The zero-order chi connectivity index (χ0) is 18.4. The number of aryl methyl sites for hydroxylation is 1. The van der Waals surface area contributed by atoms with E-state index in [4.69, 9.17) is 9.47 Å². The molecule has 0 aliphatic carbocycles. The Bertz CT molecular complexity index is 682. The molecule has 3 rings (SSSR count). The van der Waals surface area contributed by atoms with Gasteiger partial charge in [0.1, 0.15) is 30.8 Å². The third-order valence-electron chi connectivity index (χ3n) is 4.96. The summed E-state index contributed by atoms with van der Waals surface area (Å²) in [6.45, 7) is 7.12. The largest absolute Gasteiger partial charge is 0.497 e. The molecule has 26 heavy (non-hydrogen) atoms. The van der Waals surface area contributed by atoms with E-state index in [2.05, 4.69) is 17.0 Å². The Labute approximate surface area is 155 Å². The number of benzene rings is 2. The summed E-state index contributed by atoms with van der Waals surface area (Å²) in [5, 5.41) is 10.3. The number of nitrogens with one attached hydrogen (secondary N) is 1. The lowest BCUT2D eigenvalue weighted by atomic mass is 10.2. The fraction of sp³-hybridized carbons (Fsp3) is 0.429. The van der Waals surface area contributed by atoms with Crippen LogP contribution in [-0.4, -0.2) is 57.7 Å². The maximum atomic E-state index is 10.3. The first-order valence-electron chi connectivity index (χ1n) is 9.25. The summed E-state index contributed by atoms with van der Waals surface area (Å²) in [6.07, 6.45) is -0.447. The van der Waals surface area contributed by atoms with Crippen molar-refractivity contribution in [3.05, 3.63) is 54.1 Å². The van der Waals surface area contributed by atoms with Gasteiger partial charge in [0.2, 0.25) is 0 Å². The van der Waals surface area contributed by atoms with Crippen molar-refractivity contribution >= 4 is 5.69 Å². The molecule has 1 aliphatic heterocycles. The minimum Gasteiger partial charge on any atom is -0.497 e.